The highest BCUT2D eigenvalue weighted by Gasteiger charge is 2.28. The molecule has 1 aliphatic rings. The highest BCUT2D eigenvalue weighted by molar-refractivity contribution is 6.31. The summed E-state index contributed by atoms with van der Waals surface area (Å²) in [6.07, 6.45) is 1.03. The zero-order valence-electron chi connectivity index (χ0n) is 11.3. The fourth-order valence-electron chi connectivity index (χ4n) is 2.31. The molecule has 2 rings (SSSR count). The van der Waals surface area contributed by atoms with Gasteiger partial charge >= 0.3 is 0 Å². The van der Waals surface area contributed by atoms with Gasteiger partial charge in [-0.2, -0.15) is 0 Å². The number of nitrogens with zero attached hydrogens (tertiary/aromatic N) is 1. The maximum atomic E-state index is 12.5. The van der Waals surface area contributed by atoms with Gasteiger partial charge in [0, 0.05) is 37.5 Å². The van der Waals surface area contributed by atoms with Crippen molar-refractivity contribution in [2.45, 2.75) is 19.4 Å². The molecule has 104 valence electrons. The topological polar surface area (TPSA) is 41.6 Å². The van der Waals surface area contributed by atoms with Crippen LogP contribution in [0.4, 0.5) is 5.69 Å². The van der Waals surface area contributed by atoms with E-state index >= 15 is 0 Å². The number of ether oxygens (including phenoxy) is 1. The summed E-state index contributed by atoms with van der Waals surface area (Å²) in [5.74, 6) is 0.0120. The lowest BCUT2D eigenvalue weighted by atomic mass is 10.1. The molecule has 0 aliphatic carbocycles. The second kappa shape index (κ2) is 6.26. The first kappa shape index (κ1) is 14.2. The molecule has 1 amide bonds. The molecule has 1 fully saturated rings. The van der Waals surface area contributed by atoms with Gasteiger partial charge in [-0.25, -0.2) is 0 Å². The van der Waals surface area contributed by atoms with Gasteiger partial charge in [0.1, 0.15) is 0 Å². The molecule has 19 heavy (non-hydrogen) atoms. The predicted octanol–water partition coefficient (Wildman–Crippen LogP) is 2.63. The van der Waals surface area contributed by atoms with Gasteiger partial charge < -0.3 is 15.0 Å². The van der Waals surface area contributed by atoms with E-state index in [1.165, 1.54) is 0 Å². The number of amides is 1. The van der Waals surface area contributed by atoms with Crippen molar-refractivity contribution >= 4 is 23.2 Å². The Hall–Kier alpha value is -1.26. The molecule has 0 saturated carbocycles. The van der Waals surface area contributed by atoms with Crippen molar-refractivity contribution in [1.29, 1.82) is 0 Å². The Morgan fingerprint density at radius 1 is 1.58 bits per heavy atom. The molecule has 0 aromatic heterocycles. The quantitative estimate of drug-likeness (QED) is 0.923. The summed E-state index contributed by atoms with van der Waals surface area (Å²) in [6.45, 7) is 4.14. The number of hydrogen-bond acceptors (Lipinski definition) is 3. The second-order valence-electron chi connectivity index (χ2n) is 4.62. The molecular weight excluding hydrogens is 264 g/mol. The Labute approximate surface area is 118 Å². The Morgan fingerprint density at radius 3 is 3.00 bits per heavy atom. The minimum Gasteiger partial charge on any atom is -0.385 e. The van der Waals surface area contributed by atoms with Crippen LogP contribution in [-0.2, 0) is 4.74 Å². The number of anilines is 1. The fraction of sp³-hybridized carbons (Fsp3) is 0.500. The molecule has 0 spiro atoms. The van der Waals surface area contributed by atoms with E-state index in [0.29, 0.717) is 17.1 Å². The molecule has 0 bridgehead atoms. The van der Waals surface area contributed by atoms with E-state index in [0.717, 1.165) is 25.2 Å². The molecule has 1 aliphatic heterocycles. The molecule has 1 heterocycles. The van der Waals surface area contributed by atoms with Gasteiger partial charge in [-0.15, -0.1) is 0 Å². The van der Waals surface area contributed by atoms with E-state index in [1.807, 2.05) is 17.9 Å². The maximum Gasteiger partial charge on any atom is 0.256 e. The summed E-state index contributed by atoms with van der Waals surface area (Å²) in [4.78, 5) is 14.3. The smallest absolute Gasteiger partial charge is 0.256 e. The lowest BCUT2D eigenvalue weighted by Gasteiger charge is -2.19. The first-order valence-electron chi connectivity index (χ1n) is 6.51. The average Bonchev–Trinajstić information content (AvgIpc) is 2.89. The third-order valence-corrected chi connectivity index (χ3v) is 3.58. The monoisotopic (exact) mass is 282 g/mol. The van der Waals surface area contributed by atoms with E-state index in [9.17, 15) is 4.79 Å². The number of methoxy groups -OCH3 is 1. The fourth-order valence-corrected chi connectivity index (χ4v) is 2.49. The number of nitrogens with one attached hydrogen (secondary N) is 1. The number of carbonyl (C=O) groups excluding carboxylic acids is 1. The van der Waals surface area contributed by atoms with E-state index in [-0.39, 0.29) is 12.0 Å². The van der Waals surface area contributed by atoms with Crippen LogP contribution in [-0.4, -0.2) is 43.7 Å². The van der Waals surface area contributed by atoms with Gasteiger partial charge in [-0.05, 0) is 31.5 Å². The molecule has 1 aromatic carbocycles. The van der Waals surface area contributed by atoms with Gasteiger partial charge in [-0.3, -0.25) is 4.79 Å². The van der Waals surface area contributed by atoms with Crippen LogP contribution >= 0.6 is 11.6 Å². The van der Waals surface area contributed by atoms with Crippen molar-refractivity contribution in [3.63, 3.8) is 0 Å². The molecule has 1 N–H and O–H groups in total. The minimum atomic E-state index is 0.0120. The maximum absolute atomic E-state index is 12.5. The van der Waals surface area contributed by atoms with Crippen LogP contribution in [0.25, 0.3) is 0 Å². The zero-order valence-corrected chi connectivity index (χ0v) is 12.0. The van der Waals surface area contributed by atoms with E-state index in [2.05, 4.69) is 5.32 Å². The molecule has 4 nitrogen and oxygen atoms in total. The average molecular weight is 283 g/mol. The minimum absolute atomic E-state index is 0.0120. The van der Waals surface area contributed by atoms with Crippen LogP contribution in [0.15, 0.2) is 18.2 Å². The standard InChI is InChI=1S/C14H19ClN2O2/c1-3-16-13-5-4-10(15)8-12(13)14(18)17-7-6-11(9-17)19-2/h4-5,8,11,16H,3,6-7,9H2,1-2H3. The van der Waals surface area contributed by atoms with Gasteiger partial charge in [-0.1, -0.05) is 11.6 Å². The van der Waals surface area contributed by atoms with E-state index < -0.39 is 0 Å². The Morgan fingerprint density at radius 2 is 2.37 bits per heavy atom. The molecular formula is C14H19ClN2O2. The van der Waals surface area contributed by atoms with Crippen LogP contribution in [0.1, 0.15) is 23.7 Å². The summed E-state index contributed by atoms with van der Waals surface area (Å²) < 4.78 is 5.29. The molecule has 1 saturated heterocycles. The molecule has 1 aromatic rings. The normalized spacial score (nSPS) is 18.7. The van der Waals surface area contributed by atoms with Crippen molar-refractivity contribution in [2.24, 2.45) is 0 Å². The lowest BCUT2D eigenvalue weighted by Crippen LogP contribution is -2.30. The van der Waals surface area contributed by atoms with E-state index in [1.54, 1.807) is 19.2 Å². The molecule has 5 heteroatoms. The van der Waals surface area contributed by atoms with Gasteiger partial charge in [0.05, 0.1) is 11.7 Å². The second-order valence-corrected chi connectivity index (χ2v) is 5.05. The van der Waals surface area contributed by atoms with Crippen LogP contribution < -0.4 is 5.32 Å². The van der Waals surface area contributed by atoms with Crippen LogP contribution in [0, 0.1) is 0 Å². The largest absolute Gasteiger partial charge is 0.385 e. The van der Waals surface area contributed by atoms with Crippen molar-refractivity contribution in [2.75, 3.05) is 32.1 Å². The van der Waals surface area contributed by atoms with Crippen LogP contribution in [0.3, 0.4) is 0 Å². The van der Waals surface area contributed by atoms with Crippen molar-refractivity contribution in [3.05, 3.63) is 28.8 Å². The third-order valence-electron chi connectivity index (χ3n) is 3.34. The number of hydrogen-bond donors (Lipinski definition) is 1. The van der Waals surface area contributed by atoms with Crippen molar-refractivity contribution < 1.29 is 9.53 Å². The van der Waals surface area contributed by atoms with Gasteiger partial charge in [0.15, 0.2) is 0 Å². The van der Waals surface area contributed by atoms with Gasteiger partial charge in [0.25, 0.3) is 5.91 Å². The Bertz CT molecular complexity index is 465. The van der Waals surface area contributed by atoms with Gasteiger partial charge in [0.2, 0.25) is 0 Å². The summed E-state index contributed by atoms with van der Waals surface area (Å²) in [5.41, 5.74) is 1.46. The van der Waals surface area contributed by atoms with E-state index in [4.69, 9.17) is 16.3 Å². The number of benzene rings is 1. The predicted molar refractivity (Wildman–Crippen MR) is 76.9 cm³/mol. The first-order chi connectivity index (χ1) is 9.15. The number of rotatable bonds is 4. The van der Waals surface area contributed by atoms with Crippen LogP contribution in [0.5, 0.6) is 0 Å². The summed E-state index contributed by atoms with van der Waals surface area (Å²) in [6, 6.07) is 5.36. The highest BCUT2D eigenvalue weighted by Crippen LogP contribution is 2.24. The summed E-state index contributed by atoms with van der Waals surface area (Å²) in [5, 5.41) is 3.77. The molecule has 0 radical (unpaired) electrons. The van der Waals surface area contributed by atoms with Crippen LogP contribution in [0.2, 0.25) is 5.02 Å². The zero-order chi connectivity index (χ0) is 13.8. The van der Waals surface area contributed by atoms with Crippen molar-refractivity contribution in [1.82, 2.24) is 4.90 Å². The Kier molecular flexibility index (Phi) is 4.66. The number of likely N-dealkylation sites (tertiary alicyclic amines) is 1. The third kappa shape index (κ3) is 3.19. The summed E-state index contributed by atoms with van der Waals surface area (Å²) >= 11 is 6.00. The van der Waals surface area contributed by atoms with Crippen molar-refractivity contribution in [3.8, 4) is 0 Å². The lowest BCUT2D eigenvalue weighted by molar-refractivity contribution is 0.0725. The first-order valence-corrected chi connectivity index (χ1v) is 6.89. The Balaban J connectivity index is 2.20. The SMILES string of the molecule is CCNc1ccc(Cl)cc1C(=O)N1CCC(OC)C1. The molecule has 1 atom stereocenters. The number of halogens is 1. The molecule has 1 unspecified atom stereocenters. The number of carbonyl (C=O) groups is 1. The highest BCUT2D eigenvalue weighted by atomic mass is 35.5. The summed E-state index contributed by atoms with van der Waals surface area (Å²) in [7, 11) is 1.68.